The summed E-state index contributed by atoms with van der Waals surface area (Å²) in [4.78, 5) is 17.4. The Morgan fingerprint density at radius 1 is 1.15 bits per heavy atom. The van der Waals surface area contributed by atoms with Crippen LogP contribution in [-0.2, 0) is 6.42 Å². The third-order valence-electron chi connectivity index (χ3n) is 2.75. The van der Waals surface area contributed by atoms with Crippen LogP contribution in [0.4, 0.5) is 5.82 Å². The van der Waals surface area contributed by atoms with Gasteiger partial charge < -0.3 is 10.1 Å². The summed E-state index contributed by atoms with van der Waals surface area (Å²) in [5, 5.41) is 3.28. The molecule has 0 aromatic carbocycles. The van der Waals surface area contributed by atoms with Crippen molar-refractivity contribution in [1.29, 1.82) is 0 Å². The molecule has 2 heterocycles. The highest BCUT2D eigenvalue weighted by Gasteiger charge is 2.12. The molecule has 0 fully saturated rings. The topological polar surface area (TPSA) is 72.8 Å². The van der Waals surface area contributed by atoms with E-state index >= 15 is 0 Å². The van der Waals surface area contributed by atoms with Gasteiger partial charge in [-0.2, -0.15) is 0 Å². The van der Waals surface area contributed by atoms with Gasteiger partial charge in [-0.3, -0.25) is 0 Å². The van der Waals surface area contributed by atoms with E-state index in [2.05, 4.69) is 32.2 Å². The second-order valence-electron chi connectivity index (χ2n) is 4.25. The van der Waals surface area contributed by atoms with Crippen molar-refractivity contribution in [2.75, 3.05) is 19.0 Å². The normalized spacial score (nSPS) is 10.3. The van der Waals surface area contributed by atoms with Crippen LogP contribution in [0.1, 0.15) is 26.1 Å². The van der Waals surface area contributed by atoms with Gasteiger partial charge in [0.2, 0.25) is 5.88 Å². The highest BCUT2D eigenvalue weighted by atomic mass is 16.5. The van der Waals surface area contributed by atoms with Gasteiger partial charge in [-0.25, -0.2) is 19.9 Å². The molecule has 2 rings (SSSR count). The van der Waals surface area contributed by atoms with Gasteiger partial charge in [0.05, 0.1) is 7.11 Å². The summed E-state index contributed by atoms with van der Waals surface area (Å²) in [7, 11) is 1.58. The van der Waals surface area contributed by atoms with E-state index in [4.69, 9.17) is 4.74 Å². The number of rotatable bonds is 6. The van der Waals surface area contributed by atoms with Crippen molar-refractivity contribution in [2.45, 2.75) is 26.7 Å². The summed E-state index contributed by atoms with van der Waals surface area (Å²) in [6.45, 7) is 5.01. The minimum absolute atomic E-state index is 0.467. The maximum atomic E-state index is 5.24. The van der Waals surface area contributed by atoms with Crippen molar-refractivity contribution in [2.24, 2.45) is 0 Å². The lowest BCUT2D eigenvalue weighted by atomic mass is 10.2. The monoisotopic (exact) mass is 273 g/mol. The van der Waals surface area contributed by atoms with E-state index in [-0.39, 0.29) is 0 Å². The number of aryl methyl sites for hydroxylation is 1. The van der Waals surface area contributed by atoms with Crippen LogP contribution in [0.5, 0.6) is 5.88 Å². The Morgan fingerprint density at radius 3 is 2.65 bits per heavy atom. The van der Waals surface area contributed by atoms with Crippen LogP contribution in [-0.4, -0.2) is 33.6 Å². The van der Waals surface area contributed by atoms with Gasteiger partial charge in [-0.15, -0.1) is 0 Å². The molecule has 0 atom stereocenters. The van der Waals surface area contributed by atoms with Crippen LogP contribution in [0, 0.1) is 0 Å². The molecule has 2 aromatic rings. The Morgan fingerprint density at radius 2 is 1.95 bits per heavy atom. The van der Waals surface area contributed by atoms with E-state index in [0.29, 0.717) is 11.6 Å². The van der Waals surface area contributed by atoms with Crippen LogP contribution in [0.15, 0.2) is 18.5 Å². The molecule has 1 N–H and O–H groups in total. The number of hydrogen-bond acceptors (Lipinski definition) is 6. The van der Waals surface area contributed by atoms with E-state index in [0.717, 1.165) is 36.7 Å². The fraction of sp³-hybridized carbons (Fsp3) is 0.429. The summed E-state index contributed by atoms with van der Waals surface area (Å²) in [5.74, 6) is 2.05. The Bertz CT molecular complexity index is 573. The molecule has 6 nitrogen and oxygen atoms in total. The first-order chi connectivity index (χ1) is 9.78. The highest BCUT2D eigenvalue weighted by molar-refractivity contribution is 5.63. The van der Waals surface area contributed by atoms with Crippen molar-refractivity contribution in [3.63, 3.8) is 0 Å². The number of anilines is 1. The lowest BCUT2D eigenvalue weighted by molar-refractivity contribution is 0.397. The first kappa shape index (κ1) is 14.2. The van der Waals surface area contributed by atoms with Crippen molar-refractivity contribution >= 4 is 5.82 Å². The van der Waals surface area contributed by atoms with Crippen LogP contribution >= 0.6 is 0 Å². The third-order valence-corrected chi connectivity index (χ3v) is 2.75. The Labute approximate surface area is 118 Å². The Kier molecular flexibility index (Phi) is 4.81. The number of hydrogen-bond donors (Lipinski definition) is 1. The largest absolute Gasteiger partial charge is 0.479 e. The number of nitrogens with zero attached hydrogens (tertiary/aromatic N) is 4. The van der Waals surface area contributed by atoms with Gasteiger partial charge in [-0.05, 0) is 6.42 Å². The molecular weight excluding hydrogens is 254 g/mol. The van der Waals surface area contributed by atoms with Crippen molar-refractivity contribution in [3.05, 3.63) is 24.3 Å². The van der Waals surface area contributed by atoms with Gasteiger partial charge in [0.1, 0.15) is 17.3 Å². The first-order valence-electron chi connectivity index (χ1n) is 6.75. The molecule has 0 spiro atoms. The van der Waals surface area contributed by atoms with Gasteiger partial charge >= 0.3 is 0 Å². The summed E-state index contributed by atoms with van der Waals surface area (Å²) >= 11 is 0. The van der Waals surface area contributed by atoms with Crippen LogP contribution < -0.4 is 10.1 Å². The minimum atomic E-state index is 0.467. The molecule has 0 saturated heterocycles. The molecule has 0 bridgehead atoms. The molecule has 0 aliphatic heterocycles. The number of aromatic nitrogens is 4. The maximum Gasteiger partial charge on any atom is 0.241 e. The molecule has 0 unspecified atom stereocenters. The number of ether oxygens (including phenoxy) is 1. The van der Waals surface area contributed by atoms with Crippen LogP contribution in [0.2, 0.25) is 0 Å². The lowest BCUT2D eigenvalue weighted by Crippen LogP contribution is -2.06. The van der Waals surface area contributed by atoms with Crippen LogP contribution in [0.3, 0.4) is 0 Å². The quantitative estimate of drug-likeness (QED) is 0.870. The molecule has 6 heteroatoms. The van der Waals surface area contributed by atoms with E-state index < -0.39 is 0 Å². The van der Waals surface area contributed by atoms with Crippen molar-refractivity contribution in [3.8, 4) is 17.3 Å². The summed E-state index contributed by atoms with van der Waals surface area (Å²) in [6.07, 6.45) is 5.03. The maximum absolute atomic E-state index is 5.24. The first-order valence-corrected chi connectivity index (χ1v) is 6.75. The SMILES string of the molecule is CCCNc1cc(-c2nccnc2OC)nc(CC)n1. The lowest BCUT2D eigenvalue weighted by Gasteiger charge is -2.10. The zero-order valence-corrected chi connectivity index (χ0v) is 12.1. The zero-order valence-electron chi connectivity index (χ0n) is 12.1. The predicted molar refractivity (Wildman–Crippen MR) is 77.8 cm³/mol. The summed E-state index contributed by atoms with van der Waals surface area (Å²) < 4.78 is 5.24. The second-order valence-corrected chi connectivity index (χ2v) is 4.25. The molecule has 106 valence electrons. The van der Waals surface area contributed by atoms with Crippen LogP contribution in [0.25, 0.3) is 11.4 Å². The van der Waals surface area contributed by atoms with E-state index in [1.807, 2.05) is 13.0 Å². The van der Waals surface area contributed by atoms with E-state index in [1.165, 1.54) is 0 Å². The summed E-state index contributed by atoms with van der Waals surface area (Å²) in [6, 6.07) is 1.88. The zero-order chi connectivity index (χ0) is 14.4. The molecule has 20 heavy (non-hydrogen) atoms. The molecule has 0 radical (unpaired) electrons. The molecule has 2 aromatic heterocycles. The number of nitrogens with one attached hydrogen (secondary N) is 1. The Balaban J connectivity index is 2.44. The van der Waals surface area contributed by atoms with Gasteiger partial charge in [-0.1, -0.05) is 13.8 Å². The third kappa shape index (κ3) is 3.20. The number of methoxy groups -OCH3 is 1. The predicted octanol–water partition coefficient (Wildman–Crippen LogP) is 2.33. The standard InChI is InChI=1S/C14H19N5O/c1-4-6-15-12-9-10(18-11(5-2)19-12)13-14(20-3)17-8-7-16-13/h7-9H,4-6H2,1-3H3,(H,15,18,19). The highest BCUT2D eigenvalue weighted by Crippen LogP contribution is 2.25. The smallest absolute Gasteiger partial charge is 0.241 e. The molecule has 0 amide bonds. The summed E-state index contributed by atoms with van der Waals surface area (Å²) in [5.41, 5.74) is 1.35. The second kappa shape index (κ2) is 6.79. The van der Waals surface area contributed by atoms with Gasteiger partial charge in [0, 0.05) is 31.4 Å². The van der Waals surface area contributed by atoms with Crippen molar-refractivity contribution < 1.29 is 4.74 Å². The molecule has 0 aliphatic rings. The fourth-order valence-corrected chi connectivity index (χ4v) is 1.77. The van der Waals surface area contributed by atoms with Crippen molar-refractivity contribution in [1.82, 2.24) is 19.9 Å². The molecule has 0 aliphatic carbocycles. The Hall–Kier alpha value is -2.24. The average Bonchev–Trinajstić information content (AvgIpc) is 2.52. The fourth-order valence-electron chi connectivity index (χ4n) is 1.77. The van der Waals surface area contributed by atoms with E-state index in [1.54, 1.807) is 19.5 Å². The average molecular weight is 273 g/mol. The van der Waals surface area contributed by atoms with Gasteiger partial charge in [0.15, 0.2) is 5.69 Å². The molecule has 0 saturated carbocycles. The minimum Gasteiger partial charge on any atom is -0.479 e. The van der Waals surface area contributed by atoms with E-state index in [9.17, 15) is 0 Å². The molecular formula is C14H19N5O. The van der Waals surface area contributed by atoms with Gasteiger partial charge in [0.25, 0.3) is 0 Å².